The van der Waals surface area contributed by atoms with E-state index in [4.69, 9.17) is 32.7 Å². The Bertz CT molecular complexity index is 1610. The van der Waals surface area contributed by atoms with Gasteiger partial charge in [0.2, 0.25) is 11.8 Å². The van der Waals surface area contributed by atoms with E-state index < -0.39 is 36.0 Å². The summed E-state index contributed by atoms with van der Waals surface area (Å²) in [6, 6.07) is 19.9. The highest BCUT2D eigenvalue weighted by molar-refractivity contribution is 6.42. The molecule has 3 aromatic rings. The van der Waals surface area contributed by atoms with E-state index in [1.165, 1.54) is 0 Å². The molecule has 1 fully saturated rings. The highest BCUT2D eigenvalue weighted by Crippen LogP contribution is 2.28. The Morgan fingerprint density at radius 1 is 0.898 bits per heavy atom. The summed E-state index contributed by atoms with van der Waals surface area (Å²) in [6.07, 6.45) is 1.09. The van der Waals surface area contributed by atoms with Crippen LogP contribution in [-0.4, -0.2) is 72.0 Å². The van der Waals surface area contributed by atoms with Gasteiger partial charge < -0.3 is 29.9 Å². The third-order valence-corrected chi connectivity index (χ3v) is 8.71. The molecule has 1 saturated heterocycles. The molecule has 2 atom stereocenters. The van der Waals surface area contributed by atoms with Gasteiger partial charge >= 0.3 is 12.1 Å². The Balaban J connectivity index is 1.48. The van der Waals surface area contributed by atoms with Crippen LogP contribution in [-0.2, 0) is 36.9 Å². The fourth-order valence-electron chi connectivity index (χ4n) is 5.48. The second-order valence-electron chi connectivity index (χ2n) is 13.1. The lowest BCUT2D eigenvalue weighted by atomic mass is 10.0. The Morgan fingerprint density at radius 2 is 1.61 bits per heavy atom. The normalized spacial score (nSPS) is 14.4. The zero-order valence-corrected chi connectivity index (χ0v) is 29.9. The molecule has 0 aromatic heterocycles. The maximum Gasteiger partial charge on any atom is 0.408 e. The molecule has 1 aliphatic rings. The average Bonchev–Trinajstić information content (AvgIpc) is 3.57. The van der Waals surface area contributed by atoms with E-state index in [-0.39, 0.29) is 25.0 Å². The molecule has 3 amide bonds. The molecule has 0 bridgehead atoms. The summed E-state index contributed by atoms with van der Waals surface area (Å²) >= 11 is 12.3. The van der Waals surface area contributed by atoms with Gasteiger partial charge in [0.1, 0.15) is 18.2 Å². The molecule has 2 N–H and O–H groups in total. The van der Waals surface area contributed by atoms with Crippen LogP contribution in [0.5, 0.6) is 0 Å². The van der Waals surface area contributed by atoms with Crippen molar-refractivity contribution in [3.05, 3.63) is 99.5 Å². The summed E-state index contributed by atoms with van der Waals surface area (Å²) in [5.41, 5.74) is 2.02. The summed E-state index contributed by atoms with van der Waals surface area (Å²) in [7, 11) is 1.78. The lowest BCUT2D eigenvalue weighted by Gasteiger charge is -2.32. The average molecular weight is 712 g/mol. The van der Waals surface area contributed by atoms with Gasteiger partial charge in [-0.05, 0) is 87.7 Å². The summed E-state index contributed by atoms with van der Waals surface area (Å²) in [4.78, 5) is 56.6. The van der Waals surface area contributed by atoms with Gasteiger partial charge in [0.25, 0.3) is 0 Å². The summed E-state index contributed by atoms with van der Waals surface area (Å²) in [5.74, 6) is -1.39. The minimum Gasteiger partial charge on any atom is -0.459 e. The first kappa shape index (κ1) is 37.7. The monoisotopic (exact) mass is 710 g/mol. The van der Waals surface area contributed by atoms with Crippen LogP contribution in [0, 0.1) is 0 Å². The van der Waals surface area contributed by atoms with Gasteiger partial charge in [-0.1, -0.05) is 71.7 Å². The molecule has 1 aliphatic heterocycles. The van der Waals surface area contributed by atoms with Crippen LogP contribution in [0.3, 0.4) is 0 Å². The number of ether oxygens (including phenoxy) is 2. The number of nitrogens with zero attached hydrogens (tertiary/aromatic N) is 2. The molecule has 0 saturated carbocycles. The van der Waals surface area contributed by atoms with Crippen LogP contribution >= 0.6 is 23.2 Å². The van der Waals surface area contributed by atoms with Crippen molar-refractivity contribution in [2.45, 2.75) is 70.7 Å². The number of amides is 3. The SMILES string of the molecule is CN(C(=O)Cc1ccc(Cl)c(Cl)c1)[C@H](CN1CCCC1)c1cccc(NC(=O)C[C@H](NC(=O)OC(C)(C)C)C(=O)OCc2ccccc2)c1. The molecule has 12 heteroatoms. The van der Waals surface area contributed by atoms with Gasteiger partial charge in [0.05, 0.1) is 28.9 Å². The number of carbonyl (C=O) groups is 4. The molecule has 0 unspecified atom stereocenters. The molecule has 4 rings (SSSR count). The quantitative estimate of drug-likeness (QED) is 0.188. The van der Waals surface area contributed by atoms with E-state index in [0.29, 0.717) is 22.3 Å². The van der Waals surface area contributed by atoms with Gasteiger partial charge in [-0.15, -0.1) is 0 Å². The molecule has 10 nitrogen and oxygen atoms in total. The molecule has 0 spiro atoms. The van der Waals surface area contributed by atoms with Crippen molar-refractivity contribution in [2.75, 3.05) is 32.0 Å². The van der Waals surface area contributed by atoms with Crippen molar-refractivity contribution >= 4 is 52.8 Å². The van der Waals surface area contributed by atoms with Crippen molar-refractivity contribution in [3.63, 3.8) is 0 Å². The van der Waals surface area contributed by atoms with Crippen molar-refractivity contribution in [1.29, 1.82) is 0 Å². The zero-order chi connectivity index (χ0) is 35.6. The van der Waals surface area contributed by atoms with Crippen molar-refractivity contribution in [3.8, 4) is 0 Å². The second-order valence-corrected chi connectivity index (χ2v) is 13.9. The third-order valence-electron chi connectivity index (χ3n) is 7.97. The van der Waals surface area contributed by atoms with Crippen LogP contribution < -0.4 is 10.6 Å². The van der Waals surface area contributed by atoms with E-state index in [9.17, 15) is 19.2 Å². The van der Waals surface area contributed by atoms with E-state index in [0.717, 1.165) is 42.6 Å². The summed E-state index contributed by atoms with van der Waals surface area (Å²) in [5, 5.41) is 6.15. The number of alkyl carbamates (subject to hydrolysis) is 1. The highest BCUT2D eigenvalue weighted by Gasteiger charge is 2.29. The third kappa shape index (κ3) is 12.1. The minimum absolute atomic E-state index is 0.0223. The molecule has 49 heavy (non-hydrogen) atoms. The van der Waals surface area contributed by atoms with Gasteiger partial charge in [-0.3, -0.25) is 9.59 Å². The number of likely N-dealkylation sites (N-methyl/N-ethyl adjacent to an activating group) is 1. The lowest BCUT2D eigenvalue weighted by Crippen LogP contribution is -2.46. The van der Waals surface area contributed by atoms with E-state index >= 15 is 0 Å². The Labute approximate surface area is 298 Å². The topological polar surface area (TPSA) is 117 Å². The molecular weight excluding hydrogens is 667 g/mol. The maximum absolute atomic E-state index is 13.5. The Hall–Kier alpha value is -4.12. The number of hydrogen-bond donors (Lipinski definition) is 2. The minimum atomic E-state index is -1.30. The molecular formula is C37H44Cl2N4O6. The predicted octanol–water partition coefficient (Wildman–Crippen LogP) is 6.80. The van der Waals surface area contributed by atoms with E-state index in [1.54, 1.807) is 69.1 Å². The predicted molar refractivity (Wildman–Crippen MR) is 190 cm³/mol. The van der Waals surface area contributed by atoms with Crippen LogP contribution in [0.2, 0.25) is 10.0 Å². The molecule has 0 radical (unpaired) electrons. The lowest BCUT2D eigenvalue weighted by molar-refractivity contribution is -0.148. The number of hydrogen-bond acceptors (Lipinski definition) is 7. The first-order valence-corrected chi connectivity index (χ1v) is 17.0. The number of halogens is 2. The smallest absolute Gasteiger partial charge is 0.408 e. The molecule has 1 heterocycles. The van der Waals surface area contributed by atoms with Gasteiger partial charge in [0, 0.05) is 19.3 Å². The Morgan fingerprint density at radius 3 is 2.29 bits per heavy atom. The Kier molecular flexibility index (Phi) is 13.5. The number of rotatable bonds is 13. The number of nitrogens with one attached hydrogen (secondary N) is 2. The number of benzene rings is 3. The highest BCUT2D eigenvalue weighted by atomic mass is 35.5. The summed E-state index contributed by atoms with van der Waals surface area (Å²) < 4.78 is 10.8. The fourth-order valence-corrected chi connectivity index (χ4v) is 5.80. The van der Waals surface area contributed by atoms with E-state index in [1.807, 2.05) is 36.4 Å². The number of anilines is 1. The van der Waals surface area contributed by atoms with Crippen LogP contribution in [0.4, 0.5) is 10.5 Å². The van der Waals surface area contributed by atoms with Gasteiger partial charge in [-0.2, -0.15) is 0 Å². The second kappa shape index (κ2) is 17.5. The van der Waals surface area contributed by atoms with Crippen LogP contribution in [0.1, 0.15) is 62.8 Å². The summed E-state index contributed by atoms with van der Waals surface area (Å²) in [6.45, 7) is 7.57. The zero-order valence-electron chi connectivity index (χ0n) is 28.3. The number of likely N-dealkylation sites (tertiary alicyclic amines) is 1. The van der Waals surface area contributed by atoms with Gasteiger partial charge in [-0.25, -0.2) is 9.59 Å². The number of carbonyl (C=O) groups excluding carboxylic acids is 4. The first-order chi connectivity index (χ1) is 23.3. The van der Waals surface area contributed by atoms with Crippen molar-refractivity contribution in [2.24, 2.45) is 0 Å². The van der Waals surface area contributed by atoms with Crippen molar-refractivity contribution < 1.29 is 28.7 Å². The molecule has 262 valence electrons. The van der Waals surface area contributed by atoms with E-state index in [2.05, 4.69) is 15.5 Å². The molecule has 0 aliphatic carbocycles. The van der Waals surface area contributed by atoms with Crippen LogP contribution in [0.25, 0.3) is 0 Å². The van der Waals surface area contributed by atoms with Crippen LogP contribution in [0.15, 0.2) is 72.8 Å². The first-order valence-electron chi connectivity index (χ1n) is 16.3. The molecule has 3 aromatic carbocycles. The van der Waals surface area contributed by atoms with Gasteiger partial charge in [0.15, 0.2) is 0 Å². The largest absolute Gasteiger partial charge is 0.459 e. The standard InChI is InChI=1S/C37H44Cl2N4O6/c1-37(2,3)49-36(47)41-31(35(46)48-24-25-11-6-5-7-12-25)22-33(44)40-28-14-10-13-27(21-28)32(23-43-17-8-9-18-43)42(4)34(45)20-26-15-16-29(38)30(39)19-26/h5-7,10-16,19,21,31-32H,8-9,17-18,20,22-24H2,1-4H3,(H,40,44)(H,41,47)/t31-,32+/m0/s1. The van der Waals surface area contributed by atoms with Crippen molar-refractivity contribution in [1.82, 2.24) is 15.1 Å². The maximum atomic E-state index is 13.5. The number of esters is 1. The fraction of sp³-hybridized carbons (Fsp3) is 0.405.